The number of halogens is 3. The highest BCUT2D eigenvalue weighted by Crippen LogP contribution is 2.27. The summed E-state index contributed by atoms with van der Waals surface area (Å²) in [5.41, 5.74) is 0. The minimum atomic E-state index is -4.79. The first-order chi connectivity index (χ1) is 6.18. The zero-order chi connectivity index (χ0) is 11.0. The predicted octanol–water partition coefficient (Wildman–Crippen LogP) is -0.123. The molecule has 0 fully saturated rings. The number of sulfonamides is 1. The smallest absolute Gasteiger partial charge is 0.416 e. The van der Waals surface area contributed by atoms with Gasteiger partial charge in [-0.2, -0.15) is 13.2 Å². The molecule has 10 heteroatoms. The third-order valence-electron chi connectivity index (χ3n) is 1.03. The van der Waals surface area contributed by atoms with Gasteiger partial charge in [-0.3, -0.25) is 0 Å². The first kappa shape index (κ1) is 10.9. The van der Waals surface area contributed by atoms with Crippen LogP contribution in [0.2, 0.25) is 0 Å². The second kappa shape index (κ2) is 3.20. The number of hydrogen-bond acceptors (Lipinski definition) is 5. The summed E-state index contributed by atoms with van der Waals surface area (Å²) in [5.74, 6) is -3.22. The maximum atomic E-state index is 11.9. The molecule has 80 valence electrons. The van der Waals surface area contributed by atoms with E-state index in [9.17, 15) is 21.6 Å². The third-order valence-corrected chi connectivity index (χ3v) is 1.68. The van der Waals surface area contributed by atoms with Crippen LogP contribution in [0.25, 0.3) is 0 Å². The largest absolute Gasteiger partial charge is 0.470 e. The molecule has 0 saturated carbocycles. The van der Waals surface area contributed by atoms with Crippen molar-refractivity contribution in [1.82, 2.24) is 10.2 Å². The Bertz CT molecular complexity index is 423. The Morgan fingerprint density at radius 1 is 1.36 bits per heavy atom. The van der Waals surface area contributed by atoms with Gasteiger partial charge in [0.15, 0.2) is 0 Å². The maximum absolute atomic E-state index is 11.9. The lowest BCUT2D eigenvalue weighted by Crippen LogP contribution is -2.14. The number of primary sulfonamides is 1. The Morgan fingerprint density at radius 3 is 2.29 bits per heavy atom. The van der Waals surface area contributed by atoms with Gasteiger partial charge in [0, 0.05) is 0 Å². The van der Waals surface area contributed by atoms with Gasteiger partial charge >= 0.3 is 12.1 Å². The topological polar surface area (TPSA) is 99.1 Å². The molecule has 1 aromatic rings. The van der Waals surface area contributed by atoms with Crippen molar-refractivity contribution in [3.63, 3.8) is 0 Å². The first-order valence-corrected chi connectivity index (χ1v) is 4.80. The molecule has 2 N–H and O–H groups in total. The van der Waals surface area contributed by atoms with Gasteiger partial charge < -0.3 is 4.42 Å². The van der Waals surface area contributed by atoms with E-state index in [0.29, 0.717) is 0 Å². The molecule has 1 rings (SSSR count). The summed E-state index contributed by atoms with van der Waals surface area (Å²) in [6, 6.07) is 0. The van der Waals surface area contributed by atoms with Crippen LogP contribution in [0.4, 0.5) is 13.2 Å². The van der Waals surface area contributed by atoms with Crippen LogP contribution in [0.3, 0.4) is 0 Å². The zero-order valence-corrected chi connectivity index (χ0v) is 7.26. The second-order valence-corrected chi connectivity index (χ2v) is 3.92. The van der Waals surface area contributed by atoms with Crippen LogP contribution in [0.15, 0.2) is 4.42 Å². The van der Waals surface area contributed by atoms with E-state index in [-0.39, 0.29) is 0 Å². The van der Waals surface area contributed by atoms with E-state index >= 15 is 0 Å². The van der Waals surface area contributed by atoms with Crippen LogP contribution < -0.4 is 5.14 Å². The van der Waals surface area contributed by atoms with E-state index in [1.54, 1.807) is 0 Å². The maximum Gasteiger partial charge on any atom is 0.470 e. The predicted molar refractivity (Wildman–Crippen MR) is 36.1 cm³/mol. The van der Waals surface area contributed by atoms with Gasteiger partial charge in [0.2, 0.25) is 15.9 Å². The summed E-state index contributed by atoms with van der Waals surface area (Å²) in [6.45, 7) is 0. The molecule has 0 aliphatic carbocycles. The lowest BCUT2D eigenvalue weighted by molar-refractivity contribution is -0.157. The molecule has 0 saturated heterocycles. The molecule has 6 nitrogen and oxygen atoms in total. The summed E-state index contributed by atoms with van der Waals surface area (Å²) < 4.78 is 60.4. The van der Waals surface area contributed by atoms with E-state index < -0.39 is 33.7 Å². The number of aromatic nitrogens is 2. The minimum Gasteiger partial charge on any atom is -0.416 e. The van der Waals surface area contributed by atoms with Crippen LogP contribution in [0.5, 0.6) is 0 Å². The fourth-order valence-corrected chi connectivity index (χ4v) is 1.06. The zero-order valence-electron chi connectivity index (χ0n) is 6.45. The highest BCUT2D eigenvalue weighted by Gasteiger charge is 2.38. The van der Waals surface area contributed by atoms with E-state index in [1.807, 2.05) is 0 Å². The fraction of sp³-hybridized carbons (Fsp3) is 0.500. The van der Waals surface area contributed by atoms with Crippen molar-refractivity contribution in [3.05, 3.63) is 11.8 Å². The molecule has 1 heterocycles. The summed E-state index contributed by atoms with van der Waals surface area (Å²) in [5, 5.41) is 10.0. The van der Waals surface area contributed by atoms with E-state index in [0.717, 1.165) is 0 Å². The number of hydrogen-bond donors (Lipinski definition) is 1. The molecule has 0 unspecified atom stereocenters. The Morgan fingerprint density at radius 2 is 1.93 bits per heavy atom. The van der Waals surface area contributed by atoms with Crippen LogP contribution in [0.1, 0.15) is 11.8 Å². The molecule has 1 aromatic heterocycles. The van der Waals surface area contributed by atoms with E-state index in [4.69, 9.17) is 0 Å². The Labute approximate surface area is 76.0 Å². The van der Waals surface area contributed by atoms with Gasteiger partial charge in [-0.1, -0.05) is 0 Å². The summed E-state index contributed by atoms with van der Waals surface area (Å²) in [7, 11) is -3.97. The Hall–Kier alpha value is -1.16. The molecular formula is C4H4F3N3O3S. The van der Waals surface area contributed by atoms with Gasteiger partial charge in [0.25, 0.3) is 0 Å². The third kappa shape index (κ3) is 2.96. The molecule has 0 aliphatic heterocycles. The lowest BCUT2D eigenvalue weighted by atomic mass is 10.7. The fourth-order valence-electron chi connectivity index (χ4n) is 0.599. The number of alkyl halides is 3. The molecule has 0 amide bonds. The molecule has 14 heavy (non-hydrogen) atoms. The highest BCUT2D eigenvalue weighted by molar-refractivity contribution is 7.88. The monoisotopic (exact) mass is 231 g/mol. The molecule has 0 spiro atoms. The van der Waals surface area contributed by atoms with Gasteiger partial charge in [0.05, 0.1) is 0 Å². The van der Waals surface area contributed by atoms with Crippen LogP contribution in [-0.4, -0.2) is 18.6 Å². The first-order valence-electron chi connectivity index (χ1n) is 3.08. The molecule has 0 radical (unpaired) electrons. The Kier molecular flexibility index (Phi) is 2.50. The molecule has 0 atom stereocenters. The van der Waals surface area contributed by atoms with Crippen molar-refractivity contribution in [1.29, 1.82) is 0 Å². The normalized spacial score (nSPS) is 13.1. The van der Waals surface area contributed by atoms with Crippen LogP contribution in [-0.2, 0) is 22.0 Å². The van der Waals surface area contributed by atoms with Gasteiger partial charge in [-0.25, -0.2) is 13.6 Å². The summed E-state index contributed by atoms with van der Waals surface area (Å²) >= 11 is 0. The average Bonchev–Trinajstić information content (AvgIpc) is 2.29. The van der Waals surface area contributed by atoms with E-state index in [2.05, 4.69) is 19.8 Å². The van der Waals surface area contributed by atoms with Gasteiger partial charge in [-0.05, 0) is 0 Å². The standard InChI is InChI=1S/C4H4F3N3O3S/c5-4(6,7)3-10-9-2(13-3)1-14(8,11)12/h1H2,(H2,8,11,12). The van der Waals surface area contributed by atoms with E-state index in [1.165, 1.54) is 0 Å². The van der Waals surface area contributed by atoms with Crippen molar-refractivity contribution in [2.24, 2.45) is 5.14 Å². The molecular weight excluding hydrogens is 227 g/mol. The Balaban J connectivity index is 2.90. The quantitative estimate of drug-likeness (QED) is 0.764. The lowest BCUT2D eigenvalue weighted by Gasteiger charge is -1.96. The number of rotatable bonds is 2. The van der Waals surface area contributed by atoms with Crippen LogP contribution >= 0.6 is 0 Å². The van der Waals surface area contributed by atoms with Crippen molar-refractivity contribution in [2.75, 3.05) is 0 Å². The number of nitrogens with two attached hydrogens (primary N) is 1. The van der Waals surface area contributed by atoms with Crippen molar-refractivity contribution < 1.29 is 26.0 Å². The second-order valence-electron chi connectivity index (χ2n) is 2.31. The van der Waals surface area contributed by atoms with Gasteiger partial charge in [0.1, 0.15) is 5.75 Å². The van der Waals surface area contributed by atoms with Crippen molar-refractivity contribution >= 4 is 10.0 Å². The van der Waals surface area contributed by atoms with Gasteiger partial charge in [-0.15, -0.1) is 10.2 Å². The summed E-state index contributed by atoms with van der Waals surface area (Å²) in [4.78, 5) is 0. The SMILES string of the molecule is NS(=O)(=O)Cc1nnc(C(F)(F)F)o1. The van der Waals surface area contributed by atoms with Crippen LogP contribution in [0, 0.1) is 0 Å². The van der Waals surface area contributed by atoms with Crippen molar-refractivity contribution in [3.8, 4) is 0 Å². The molecule has 0 aliphatic rings. The molecule has 0 aromatic carbocycles. The summed E-state index contributed by atoms with van der Waals surface area (Å²) in [6.07, 6.45) is -4.79. The highest BCUT2D eigenvalue weighted by atomic mass is 32.2. The number of nitrogens with zero attached hydrogens (tertiary/aromatic N) is 2. The molecule has 0 bridgehead atoms. The minimum absolute atomic E-state index is 0.695. The van der Waals surface area contributed by atoms with Crippen molar-refractivity contribution in [2.45, 2.75) is 11.9 Å². The average molecular weight is 231 g/mol.